The monoisotopic (exact) mass is 487 g/mol. The summed E-state index contributed by atoms with van der Waals surface area (Å²) in [7, 11) is 3.46. The molecule has 0 spiro atoms. The van der Waals surface area contributed by atoms with E-state index < -0.39 is 0 Å². The molecule has 1 aromatic heterocycles. The molecule has 4 aromatic rings. The number of carbonyl (C=O) groups excluding carboxylic acids is 2. The van der Waals surface area contributed by atoms with Crippen LogP contribution in [0.25, 0.3) is 11.4 Å². The number of hydrogen-bond donors (Lipinski definition) is 2. The van der Waals surface area contributed by atoms with E-state index in [0.29, 0.717) is 27.9 Å². The van der Waals surface area contributed by atoms with Gasteiger partial charge in [0.15, 0.2) is 11.0 Å². The fourth-order valence-electron chi connectivity index (χ4n) is 3.48. The van der Waals surface area contributed by atoms with Crippen molar-refractivity contribution in [3.8, 4) is 17.1 Å². The number of amides is 2. The number of para-hydroxylation sites is 1. The highest BCUT2D eigenvalue weighted by Gasteiger charge is 2.16. The summed E-state index contributed by atoms with van der Waals surface area (Å²) < 4.78 is 7.11. The number of carbonyl (C=O) groups is 2. The Labute approximate surface area is 207 Å². The standard InChI is InChI=1S/C26H25N5O3S/c1-17-8-6-10-19(14-17)27-25(33)21-12-4-5-13-22(21)28-23(32)16-35-26-30-29-24(31(26)2)18-9-7-11-20(15-18)34-3/h4-15H,16H2,1-3H3,(H,27,33)(H,28,32). The first-order chi connectivity index (χ1) is 16.9. The number of aryl methyl sites for hydroxylation is 1. The Kier molecular flexibility index (Phi) is 7.47. The van der Waals surface area contributed by atoms with Gasteiger partial charge in [-0.05, 0) is 48.9 Å². The molecule has 0 bridgehead atoms. The topological polar surface area (TPSA) is 98.1 Å². The second-order valence-electron chi connectivity index (χ2n) is 7.80. The van der Waals surface area contributed by atoms with Crippen LogP contribution in [0.5, 0.6) is 5.75 Å². The zero-order valence-corrected chi connectivity index (χ0v) is 20.4. The van der Waals surface area contributed by atoms with Crippen molar-refractivity contribution >= 4 is 35.0 Å². The Morgan fingerprint density at radius 3 is 2.57 bits per heavy atom. The van der Waals surface area contributed by atoms with E-state index in [4.69, 9.17) is 4.74 Å². The molecule has 0 aliphatic heterocycles. The van der Waals surface area contributed by atoms with E-state index in [9.17, 15) is 9.59 Å². The average molecular weight is 488 g/mol. The van der Waals surface area contributed by atoms with Crippen molar-refractivity contribution in [2.24, 2.45) is 7.05 Å². The van der Waals surface area contributed by atoms with Crippen molar-refractivity contribution in [2.75, 3.05) is 23.5 Å². The van der Waals surface area contributed by atoms with E-state index in [2.05, 4.69) is 20.8 Å². The van der Waals surface area contributed by atoms with E-state index in [0.717, 1.165) is 16.9 Å². The minimum absolute atomic E-state index is 0.109. The largest absolute Gasteiger partial charge is 0.497 e. The van der Waals surface area contributed by atoms with Gasteiger partial charge in [-0.25, -0.2) is 0 Å². The number of benzene rings is 3. The summed E-state index contributed by atoms with van der Waals surface area (Å²) in [5.41, 5.74) is 3.43. The molecule has 2 N–H and O–H groups in total. The van der Waals surface area contributed by atoms with Crippen LogP contribution in [0.1, 0.15) is 15.9 Å². The second kappa shape index (κ2) is 10.9. The molecule has 0 saturated carbocycles. The summed E-state index contributed by atoms with van der Waals surface area (Å²) in [6.45, 7) is 1.96. The summed E-state index contributed by atoms with van der Waals surface area (Å²) >= 11 is 1.26. The van der Waals surface area contributed by atoms with E-state index in [-0.39, 0.29) is 17.6 Å². The van der Waals surface area contributed by atoms with Crippen LogP contribution in [0.3, 0.4) is 0 Å². The second-order valence-corrected chi connectivity index (χ2v) is 8.75. The van der Waals surface area contributed by atoms with Gasteiger partial charge < -0.3 is 19.9 Å². The molecule has 0 aliphatic carbocycles. The highest BCUT2D eigenvalue weighted by Crippen LogP contribution is 2.26. The summed E-state index contributed by atoms with van der Waals surface area (Å²) in [4.78, 5) is 25.5. The molecule has 0 fully saturated rings. The van der Waals surface area contributed by atoms with Crippen LogP contribution >= 0.6 is 11.8 Å². The van der Waals surface area contributed by atoms with Crippen LogP contribution < -0.4 is 15.4 Å². The van der Waals surface area contributed by atoms with Gasteiger partial charge >= 0.3 is 0 Å². The maximum atomic E-state index is 12.8. The van der Waals surface area contributed by atoms with Gasteiger partial charge in [-0.15, -0.1) is 10.2 Å². The molecule has 2 amide bonds. The molecule has 178 valence electrons. The maximum absolute atomic E-state index is 12.8. The lowest BCUT2D eigenvalue weighted by atomic mass is 10.1. The molecule has 0 unspecified atom stereocenters. The Hall–Kier alpha value is -4.11. The lowest BCUT2D eigenvalue weighted by molar-refractivity contribution is -0.113. The van der Waals surface area contributed by atoms with Gasteiger partial charge in [-0.1, -0.05) is 48.2 Å². The molecular weight excluding hydrogens is 462 g/mol. The third kappa shape index (κ3) is 5.88. The molecule has 35 heavy (non-hydrogen) atoms. The number of ether oxygens (including phenoxy) is 1. The van der Waals surface area contributed by atoms with Gasteiger partial charge in [0, 0.05) is 18.3 Å². The summed E-state index contributed by atoms with van der Waals surface area (Å²) in [5, 5.41) is 14.8. The number of hydrogen-bond acceptors (Lipinski definition) is 6. The van der Waals surface area contributed by atoms with E-state index in [1.54, 1.807) is 31.4 Å². The predicted octanol–water partition coefficient (Wildman–Crippen LogP) is 4.78. The molecule has 1 heterocycles. The number of nitrogens with one attached hydrogen (secondary N) is 2. The fourth-order valence-corrected chi connectivity index (χ4v) is 4.19. The number of rotatable bonds is 8. The van der Waals surface area contributed by atoms with Crippen molar-refractivity contribution in [3.63, 3.8) is 0 Å². The molecule has 8 nitrogen and oxygen atoms in total. The average Bonchev–Trinajstić information content (AvgIpc) is 3.23. The van der Waals surface area contributed by atoms with Gasteiger partial charge in [-0.3, -0.25) is 9.59 Å². The number of aromatic nitrogens is 3. The van der Waals surface area contributed by atoms with Crippen LogP contribution in [-0.4, -0.2) is 39.4 Å². The summed E-state index contributed by atoms with van der Waals surface area (Å²) in [5.74, 6) is 0.957. The number of thioether (sulfide) groups is 1. The first-order valence-electron chi connectivity index (χ1n) is 10.9. The molecule has 9 heteroatoms. The first kappa shape index (κ1) is 24.0. The van der Waals surface area contributed by atoms with Crippen molar-refractivity contribution in [2.45, 2.75) is 12.1 Å². The molecule has 0 atom stereocenters. The molecule has 4 rings (SSSR count). The van der Waals surface area contributed by atoms with Crippen molar-refractivity contribution in [1.29, 1.82) is 0 Å². The molecular formula is C26H25N5O3S. The number of methoxy groups -OCH3 is 1. The molecule has 3 aromatic carbocycles. The summed E-state index contributed by atoms with van der Waals surface area (Å²) in [6.07, 6.45) is 0. The first-order valence-corrected chi connectivity index (χ1v) is 11.9. The lowest BCUT2D eigenvalue weighted by Crippen LogP contribution is -2.19. The third-order valence-electron chi connectivity index (χ3n) is 5.22. The van der Waals surface area contributed by atoms with Gasteiger partial charge in [-0.2, -0.15) is 0 Å². The smallest absolute Gasteiger partial charge is 0.257 e. The minimum Gasteiger partial charge on any atom is -0.497 e. The zero-order chi connectivity index (χ0) is 24.8. The van der Waals surface area contributed by atoms with E-state index >= 15 is 0 Å². The Balaban J connectivity index is 1.41. The minimum atomic E-state index is -0.296. The van der Waals surface area contributed by atoms with Crippen LogP contribution in [0.4, 0.5) is 11.4 Å². The van der Waals surface area contributed by atoms with Gasteiger partial charge in [0.05, 0.1) is 24.1 Å². The van der Waals surface area contributed by atoms with Crippen LogP contribution in [0, 0.1) is 6.92 Å². The maximum Gasteiger partial charge on any atom is 0.257 e. The van der Waals surface area contributed by atoms with Gasteiger partial charge in [0.25, 0.3) is 5.91 Å². The molecule has 0 aliphatic rings. The predicted molar refractivity (Wildman–Crippen MR) is 138 cm³/mol. The lowest BCUT2D eigenvalue weighted by Gasteiger charge is -2.12. The van der Waals surface area contributed by atoms with Crippen LogP contribution in [0.2, 0.25) is 0 Å². The number of nitrogens with zero attached hydrogens (tertiary/aromatic N) is 3. The highest BCUT2D eigenvalue weighted by molar-refractivity contribution is 7.99. The zero-order valence-electron chi connectivity index (χ0n) is 19.6. The van der Waals surface area contributed by atoms with Crippen LogP contribution in [-0.2, 0) is 11.8 Å². The molecule has 0 radical (unpaired) electrons. The van der Waals surface area contributed by atoms with Gasteiger partial charge in [0.2, 0.25) is 5.91 Å². The Morgan fingerprint density at radius 2 is 1.77 bits per heavy atom. The van der Waals surface area contributed by atoms with Crippen molar-refractivity contribution in [3.05, 3.63) is 83.9 Å². The highest BCUT2D eigenvalue weighted by atomic mass is 32.2. The Morgan fingerprint density at radius 1 is 0.971 bits per heavy atom. The summed E-state index contributed by atoms with van der Waals surface area (Å²) in [6, 6.07) is 22.0. The van der Waals surface area contributed by atoms with Crippen LogP contribution in [0.15, 0.2) is 78.0 Å². The third-order valence-corrected chi connectivity index (χ3v) is 6.24. The normalized spacial score (nSPS) is 10.6. The van der Waals surface area contributed by atoms with Crippen molar-refractivity contribution in [1.82, 2.24) is 14.8 Å². The van der Waals surface area contributed by atoms with Gasteiger partial charge in [0.1, 0.15) is 5.75 Å². The van der Waals surface area contributed by atoms with E-state index in [1.165, 1.54) is 11.8 Å². The Bertz CT molecular complexity index is 1370. The van der Waals surface area contributed by atoms with E-state index in [1.807, 2.05) is 67.1 Å². The fraction of sp³-hybridized carbons (Fsp3) is 0.154. The van der Waals surface area contributed by atoms with Crippen molar-refractivity contribution < 1.29 is 14.3 Å². The molecule has 0 saturated heterocycles. The quantitative estimate of drug-likeness (QED) is 0.347. The SMILES string of the molecule is COc1cccc(-c2nnc(SCC(=O)Nc3ccccc3C(=O)Nc3cccc(C)c3)n2C)c1. The number of anilines is 2.